The van der Waals surface area contributed by atoms with Crippen molar-refractivity contribution in [2.75, 3.05) is 5.32 Å². The van der Waals surface area contributed by atoms with Crippen LogP contribution in [0.25, 0.3) is 0 Å². The van der Waals surface area contributed by atoms with Crippen LogP contribution in [-0.2, 0) is 0 Å². The molecule has 3 N–H and O–H groups in total. The van der Waals surface area contributed by atoms with Crippen LogP contribution in [0.3, 0.4) is 0 Å². The van der Waals surface area contributed by atoms with Crippen LogP contribution in [0.2, 0.25) is 0 Å². The molecular formula is C15H20F2N2S. The highest BCUT2D eigenvalue weighted by molar-refractivity contribution is 7.80. The molecule has 5 heteroatoms. The van der Waals surface area contributed by atoms with E-state index < -0.39 is 11.6 Å². The van der Waals surface area contributed by atoms with Gasteiger partial charge in [-0.15, -0.1) is 0 Å². The van der Waals surface area contributed by atoms with Crippen molar-refractivity contribution in [2.45, 2.75) is 45.1 Å². The van der Waals surface area contributed by atoms with Crippen molar-refractivity contribution in [1.29, 1.82) is 0 Å². The van der Waals surface area contributed by atoms with Crippen molar-refractivity contribution in [3.05, 3.63) is 29.3 Å². The summed E-state index contributed by atoms with van der Waals surface area (Å²) in [7, 11) is 0. The van der Waals surface area contributed by atoms with E-state index in [0.717, 1.165) is 25.7 Å². The fourth-order valence-electron chi connectivity index (χ4n) is 2.69. The van der Waals surface area contributed by atoms with Crippen molar-refractivity contribution >= 4 is 22.9 Å². The maximum Gasteiger partial charge on any atom is 0.150 e. The molecule has 1 aromatic carbocycles. The lowest BCUT2D eigenvalue weighted by Crippen LogP contribution is -2.21. The average molecular weight is 298 g/mol. The lowest BCUT2D eigenvalue weighted by Gasteiger charge is -2.19. The van der Waals surface area contributed by atoms with Gasteiger partial charge in [-0.1, -0.05) is 32.0 Å². The number of hydrogen-bond donors (Lipinski definition) is 2. The number of rotatable bonds is 3. The molecule has 1 fully saturated rings. The first kappa shape index (κ1) is 15.2. The SMILES string of the molecule is CC1CCCC(Nc2c(F)cc(C(N)=S)cc2F)CC1. The molecule has 1 saturated carbocycles. The van der Waals surface area contributed by atoms with Crippen molar-refractivity contribution in [2.24, 2.45) is 11.7 Å². The van der Waals surface area contributed by atoms with Gasteiger partial charge in [0.05, 0.1) is 0 Å². The molecule has 0 saturated heterocycles. The Hall–Kier alpha value is -1.23. The Labute approximate surface area is 123 Å². The largest absolute Gasteiger partial charge is 0.389 e. The minimum absolute atomic E-state index is 0.00218. The third-order valence-corrected chi connectivity index (χ3v) is 4.17. The Bertz CT molecular complexity index is 482. The van der Waals surface area contributed by atoms with Crippen LogP contribution < -0.4 is 11.1 Å². The first-order valence-corrected chi connectivity index (χ1v) is 7.43. The summed E-state index contributed by atoms with van der Waals surface area (Å²) < 4.78 is 28.0. The van der Waals surface area contributed by atoms with E-state index in [1.807, 2.05) is 0 Å². The summed E-state index contributed by atoms with van der Waals surface area (Å²) in [4.78, 5) is -0.00218. The number of benzene rings is 1. The van der Waals surface area contributed by atoms with E-state index >= 15 is 0 Å². The van der Waals surface area contributed by atoms with Gasteiger partial charge in [0.1, 0.15) is 22.3 Å². The van der Waals surface area contributed by atoms with Gasteiger partial charge in [0, 0.05) is 11.6 Å². The molecule has 1 aliphatic rings. The monoisotopic (exact) mass is 298 g/mol. The van der Waals surface area contributed by atoms with Crippen LogP contribution >= 0.6 is 12.2 Å². The molecule has 110 valence electrons. The zero-order valence-electron chi connectivity index (χ0n) is 11.6. The van der Waals surface area contributed by atoms with E-state index in [1.165, 1.54) is 18.6 Å². The van der Waals surface area contributed by atoms with Crippen LogP contribution in [-0.4, -0.2) is 11.0 Å². The van der Waals surface area contributed by atoms with Gasteiger partial charge >= 0.3 is 0 Å². The molecule has 0 spiro atoms. The zero-order valence-corrected chi connectivity index (χ0v) is 12.4. The third kappa shape index (κ3) is 3.66. The number of hydrogen-bond acceptors (Lipinski definition) is 2. The summed E-state index contributed by atoms with van der Waals surface area (Å²) in [5.74, 6) is -0.580. The Balaban J connectivity index is 2.14. The maximum absolute atomic E-state index is 14.0. The number of thiocarbonyl (C=S) groups is 1. The minimum Gasteiger partial charge on any atom is -0.389 e. The fraction of sp³-hybridized carbons (Fsp3) is 0.533. The zero-order chi connectivity index (χ0) is 14.7. The molecular weight excluding hydrogens is 278 g/mol. The Morgan fingerprint density at radius 3 is 2.45 bits per heavy atom. The first-order valence-electron chi connectivity index (χ1n) is 7.02. The van der Waals surface area contributed by atoms with Gasteiger partial charge < -0.3 is 11.1 Å². The van der Waals surface area contributed by atoms with Gasteiger partial charge in [-0.25, -0.2) is 8.78 Å². The highest BCUT2D eigenvalue weighted by Crippen LogP contribution is 2.28. The number of nitrogens with one attached hydrogen (secondary N) is 1. The number of nitrogens with two attached hydrogens (primary N) is 1. The lowest BCUT2D eigenvalue weighted by molar-refractivity contribution is 0.501. The lowest BCUT2D eigenvalue weighted by atomic mass is 10.0. The van der Waals surface area contributed by atoms with Gasteiger partial charge in [0.15, 0.2) is 0 Å². The average Bonchev–Trinajstić information content (AvgIpc) is 2.58. The van der Waals surface area contributed by atoms with Crippen molar-refractivity contribution in [3.63, 3.8) is 0 Å². The van der Waals surface area contributed by atoms with Crippen molar-refractivity contribution in [1.82, 2.24) is 0 Å². The van der Waals surface area contributed by atoms with Gasteiger partial charge in [0.25, 0.3) is 0 Å². The summed E-state index contributed by atoms with van der Waals surface area (Å²) in [6.07, 6.45) is 5.25. The predicted molar refractivity (Wildman–Crippen MR) is 81.9 cm³/mol. The number of anilines is 1. The molecule has 0 bridgehead atoms. The van der Waals surface area contributed by atoms with Crippen LogP contribution in [0.1, 0.15) is 44.6 Å². The third-order valence-electron chi connectivity index (χ3n) is 3.93. The van der Waals surface area contributed by atoms with E-state index in [1.54, 1.807) is 0 Å². The van der Waals surface area contributed by atoms with E-state index in [9.17, 15) is 8.78 Å². The second kappa shape index (κ2) is 6.48. The first-order chi connectivity index (χ1) is 9.47. The summed E-state index contributed by atoms with van der Waals surface area (Å²) in [5, 5.41) is 3.01. The Kier molecular flexibility index (Phi) is 4.91. The van der Waals surface area contributed by atoms with Gasteiger partial charge in [-0.3, -0.25) is 0 Å². The highest BCUT2D eigenvalue weighted by Gasteiger charge is 2.19. The molecule has 2 nitrogen and oxygen atoms in total. The minimum atomic E-state index is -0.634. The smallest absolute Gasteiger partial charge is 0.150 e. The molecule has 1 aliphatic carbocycles. The molecule has 20 heavy (non-hydrogen) atoms. The molecule has 2 rings (SSSR count). The highest BCUT2D eigenvalue weighted by atomic mass is 32.1. The molecule has 0 aromatic heterocycles. The summed E-state index contributed by atoms with van der Waals surface area (Å²) >= 11 is 4.74. The Morgan fingerprint density at radius 2 is 1.85 bits per heavy atom. The van der Waals surface area contributed by atoms with E-state index in [2.05, 4.69) is 12.2 Å². The second-order valence-electron chi connectivity index (χ2n) is 5.63. The molecule has 0 aliphatic heterocycles. The second-order valence-corrected chi connectivity index (χ2v) is 6.07. The van der Waals surface area contributed by atoms with E-state index in [0.29, 0.717) is 5.92 Å². The quantitative estimate of drug-likeness (QED) is 0.655. The van der Waals surface area contributed by atoms with Gasteiger partial charge in [0.2, 0.25) is 0 Å². The van der Waals surface area contributed by atoms with Gasteiger partial charge in [-0.2, -0.15) is 0 Å². The molecule has 1 aromatic rings. The van der Waals surface area contributed by atoms with Crippen LogP contribution in [0.15, 0.2) is 12.1 Å². The number of halogens is 2. The van der Waals surface area contributed by atoms with Crippen molar-refractivity contribution < 1.29 is 8.78 Å². The van der Waals surface area contributed by atoms with Crippen LogP contribution in [0, 0.1) is 17.6 Å². The normalized spacial score (nSPS) is 23.1. The van der Waals surface area contributed by atoms with E-state index in [-0.39, 0.29) is 22.3 Å². The predicted octanol–water partition coefficient (Wildman–Crippen LogP) is 3.98. The molecule has 2 atom stereocenters. The Morgan fingerprint density at radius 1 is 1.20 bits per heavy atom. The maximum atomic E-state index is 14.0. The molecule has 0 heterocycles. The van der Waals surface area contributed by atoms with Crippen molar-refractivity contribution in [3.8, 4) is 0 Å². The van der Waals surface area contributed by atoms with Gasteiger partial charge in [-0.05, 0) is 37.3 Å². The molecule has 2 unspecified atom stereocenters. The van der Waals surface area contributed by atoms with Crippen LogP contribution in [0.4, 0.5) is 14.5 Å². The topological polar surface area (TPSA) is 38.0 Å². The fourth-order valence-corrected chi connectivity index (χ4v) is 2.81. The summed E-state index contributed by atoms with van der Waals surface area (Å²) in [5.41, 5.74) is 5.55. The summed E-state index contributed by atoms with van der Waals surface area (Å²) in [6, 6.07) is 2.50. The molecule has 0 radical (unpaired) electrons. The standard InChI is InChI=1S/C15H20F2N2S/c1-9-3-2-4-11(6-5-9)19-14-12(16)7-10(15(18)20)8-13(14)17/h7-9,11,19H,2-6H2,1H3,(H2,18,20). The van der Waals surface area contributed by atoms with E-state index in [4.69, 9.17) is 18.0 Å². The summed E-state index contributed by atoms with van der Waals surface area (Å²) in [6.45, 7) is 2.22. The van der Waals surface area contributed by atoms with Crippen LogP contribution in [0.5, 0.6) is 0 Å². The molecule has 0 amide bonds.